The van der Waals surface area contributed by atoms with Crippen LogP contribution in [0, 0.1) is 0 Å². The van der Waals surface area contributed by atoms with Gasteiger partial charge in [-0.2, -0.15) is 0 Å². The van der Waals surface area contributed by atoms with E-state index in [2.05, 4.69) is 20.9 Å². The van der Waals surface area contributed by atoms with E-state index in [1.807, 2.05) is 41.8 Å². The molecule has 0 radical (unpaired) electrons. The molecule has 0 aliphatic carbocycles. The summed E-state index contributed by atoms with van der Waals surface area (Å²) in [5.74, 6) is 0.265. The number of rotatable bonds is 5. The number of benzene rings is 1. The summed E-state index contributed by atoms with van der Waals surface area (Å²) in [6, 6.07) is 8.88. The molecule has 1 atom stereocenters. The van der Waals surface area contributed by atoms with Gasteiger partial charge < -0.3 is 9.47 Å². The van der Waals surface area contributed by atoms with Gasteiger partial charge in [-0.25, -0.2) is 9.79 Å². The maximum absolute atomic E-state index is 13.4. The number of thiophene rings is 1. The van der Waals surface area contributed by atoms with Crippen LogP contribution in [0.3, 0.4) is 0 Å². The van der Waals surface area contributed by atoms with Gasteiger partial charge in [0.1, 0.15) is 11.8 Å². The first-order chi connectivity index (χ1) is 14.9. The second-order valence-corrected chi connectivity index (χ2v) is 9.55. The van der Waals surface area contributed by atoms with E-state index >= 15 is 0 Å². The van der Waals surface area contributed by atoms with Crippen molar-refractivity contribution in [2.45, 2.75) is 19.9 Å². The van der Waals surface area contributed by atoms with Gasteiger partial charge in [-0.15, -0.1) is 11.3 Å². The monoisotopic (exact) mass is 518 g/mol. The van der Waals surface area contributed by atoms with Gasteiger partial charge in [0.05, 0.1) is 34.0 Å². The van der Waals surface area contributed by atoms with E-state index in [0.717, 1.165) is 14.9 Å². The van der Waals surface area contributed by atoms with Gasteiger partial charge >= 0.3 is 5.97 Å². The Morgan fingerprint density at radius 3 is 2.81 bits per heavy atom. The highest BCUT2D eigenvalue weighted by Crippen LogP contribution is 2.33. The molecule has 3 aromatic rings. The predicted octanol–water partition coefficient (Wildman–Crippen LogP) is 3.63. The summed E-state index contributed by atoms with van der Waals surface area (Å²) in [6.45, 7) is 3.80. The number of esters is 1. The molecule has 3 heterocycles. The first-order valence-corrected chi connectivity index (χ1v) is 12.0. The summed E-state index contributed by atoms with van der Waals surface area (Å²) in [4.78, 5) is 32.2. The van der Waals surface area contributed by atoms with Crippen molar-refractivity contribution >= 4 is 50.6 Å². The largest absolute Gasteiger partial charge is 0.496 e. The quantitative estimate of drug-likeness (QED) is 0.483. The number of nitrogens with zero attached hydrogens (tertiary/aromatic N) is 2. The summed E-state index contributed by atoms with van der Waals surface area (Å²) in [6.07, 6.45) is 1.82. The molecule has 31 heavy (non-hydrogen) atoms. The Morgan fingerprint density at radius 1 is 1.35 bits per heavy atom. The highest BCUT2D eigenvalue weighted by atomic mass is 79.9. The van der Waals surface area contributed by atoms with Crippen molar-refractivity contribution in [1.82, 2.24) is 4.57 Å². The number of carbonyl (C=O) groups is 1. The number of carbonyl (C=O) groups excluding carboxylic acids is 1. The lowest BCUT2D eigenvalue weighted by atomic mass is 10.0. The molecule has 160 valence electrons. The normalized spacial score (nSPS) is 16.1. The Balaban J connectivity index is 1.91. The van der Waals surface area contributed by atoms with Crippen LogP contribution in [-0.4, -0.2) is 24.3 Å². The third-order valence-electron chi connectivity index (χ3n) is 4.80. The predicted molar refractivity (Wildman–Crippen MR) is 125 cm³/mol. The third kappa shape index (κ3) is 4.05. The zero-order valence-electron chi connectivity index (χ0n) is 17.0. The smallest absolute Gasteiger partial charge is 0.338 e. The van der Waals surface area contributed by atoms with E-state index in [-0.39, 0.29) is 12.2 Å². The Kier molecular flexibility index (Phi) is 6.27. The fourth-order valence-electron chi connectivity index (χ4n) is 3.43. The molecule has 2 aromatic heterocycles. The van der Waals surface area contributed by atoms with Gasteiger partial charge in [0.2, 0.25) is 0 Å². The van der Waals surface area contributed by atoms with Crippen LogP contribution in [-0.2, 0) is 9.53 Å². The molecule has 0 bridgehead atoms. The van der Waals surface area contributed by atoms with Crippen LogP contribution in [0.25, 0.3) is 6.08 Å². The van der Waals surface area contributed by atoms with E-state index in [1.165, 1.54) is 22.7 Å². The van der Waals surface area contributed by atoms with E-state index in [4.69, 9.17) is 9.47 Å². The van der Waals surface area contributed by atoms with Crippen LogP contribution < -0.4 is 19.6 Å². The van der Waals surface area contributed by atoms with Gasteiger partial charge in [0.15, 0.2) is 4.80 Å². The number of halogens is 1. The van der Waals surface area contributed by atoms with Crippen LogP contribution >= 0.6 is 38.6 Å². The molecule has 0 saturated heterocycles. The number of hydrogen-bond acceptors (Lipinski definition) is 7. The summed E-state index contributed by atoms with van der Waals surface area (Å²) >= 11 is 6.28. The molecular weight excluding hydrogens is 500 g/mol. The maximum atomic E-state index is 13.4. The topological polar surface area (TPSA) is 69.9 Å². The van der Waals surface area contributed by atoms with Crippen LogP contribution in [0.5, 0.6) is 5.75 Å². The molecule has 4 rings (SSSR count). The highest BCUT2D eigenvalue weighted by molar-refractivity contribution is 9.10. The van der Waals surface area contributed by atoms with E-state index in [0.29, 0.717) is 26.4 Å². The maximum Gasteiger partial charge on any atom is 0.338 e. The molecule has 1 aromatic carbocycles. The van der Waals surface area contributed by atoms with Gasteiger partial charge in [0, 0.05) is 4.88 Å². The van der Waals surface area contributed by atoms with Gasteiger partial charge in [-0.3, -0.25) is 9.36 Å². The second kappa shape index (κ2) is 8.94. The first kappa shape index (κ1) is 21.7. The van der Waals surface area contributed by atoms with Crippen molar-refractivity contribution < 1.29 is 14.3 Å². The molecule has 0 saturated carbocycles. The Morgan fingerprint density at radius 2 is 2.16 bits per heavy atom. The van der Waals surface area contributed by atoms with Crippen molar-refractivity contribution in [3.8, 4) is 5.75 Å². The third-order valence-corrected chi connectivity index (χ3v) is 7.33. The van der Waals surface area contributed by atoms with Crippen molar-refractivity contribution in [2.75, 3.05) is 13.7 Å². The van der Waals surface area contributed by atoms with Gasteiger partial charge in [-0.1, -0.05) is 23.5 Å². The minimum atomic E-state index is -0.556. The number of ether oxygens (including phenoxy) is 2. The zero-order chi connectivity index (χ0) is 22.1. The SMILES string of the molecule is CCOC(=O)C1=C(C)N=c2s/c(=C/c3ccc(OC)c(Br)c3)c(=O)n2C1c1cccs1. The Bertz CT molecular complexity index is 1350. The number of thiazole rings is 1. The van der Waals surface area contributed by atoms with Gasteiger partial charge in [-0.05, 0) is 65.0 Å². The lowest BCUT2D eigenvalue weighted by Crippen LogP contribution is -2.39. The van der Waals surface area contributed by atoms with Crippen molar-refractivity contribution in [2.24, 2.45) is 4.99 Å². The average molecular weight is 519 g/mol. The number of fused-ring (bicyclic) bond motifs is 1. The minimum absolute atomic E-state index is 0.191. The van der Waals surface area contributed by atoms with E-state index < -0.39 is 12.0 Å². The average Bonchev–Trinajstić information content (AvgIpc) is 3.36. The Labute approximate surface area is 194 Å². The summed E-state index contributed by atoms with van der Waals surface area (Å²) in [7, 11) is 1.60. The molecule has 1 aliphatic rings. The first-order valence-electron chi connectivity index (χ1n) is 9.51. The molecule has 1 aliphatic heterocycles. The van der Waals surface area contributed by atoms with E-state index in [1.54, 1.807) is 25.5 Å². The molecule has 0 fully saturated rings. The van der Waals surface area contributed by atoms with Crippen molar-refractivity contribution in [1.29, 1.82) is 0 Å². The van der Waals surface area contributed by atoms with Crippen LogP contribution in [0.4, 0.5) is 0 Å². The number of hydrogen-bond donors (Lipinski definition) is 0. The highest BCUT2D eigenvalue weighted by Gasteiger charge is 2.33. The molecule has 9 heteroatoms. The summed E-state index contributed by atoms with van der Waals surface area (Å²) in [5.41, 5.74) is 1.63. The minimum Gasteiger partial charge on any atom is -0.496 e. The fourth-order valence-corrected chi connectivity index (χ4v) is 5.86. The Hall–Kier alpha value is -2.49. The van der Waals surface area contributed by atoms with Gasteiger partial charge in [0.25, 0.3) is 5.56 Å². The molecule has 1 unspecified atom stereocenters. The summed E-state index contributed by atoms with van der Waals surface area (Å²) < 4.78 is 13.5. The number of allylic oxidation sites excluding steroid dienone is 1. The van der Waals surface area contributed by atoms with Crippen LogP contribution in [0.1, 0.15) is 30.3 Å². The molecule has 0 spiro atoms. The fraction of sp³-hybridized carbons (Fsp3) is 0.227. The molecular formula is C22H19BrN2O4S2. The summed E-state index contributed by atoms with van der Waals surface area (Å²) in [5, 5.41) is 1.93. The van der Waals surface area contributed by atoms with Crippen LogP contribution in [0.15, 0.2) is 61.2 Å². The van der Waals surface area contributed by atoms with Crippen molar-refractivity contribution in [3.05, 3.63) is 81.6 Å². The van der Waals surface area contributed by atoms with Crippen molar-refractivity contribution in [3.63, 3.8) is 0 Å². The van der Waals surface area contributed by atoms with E-state index in [9.17, 15) is 9.59 Å². The lowest BCUT2D eigenvalue weighted by Gasteiger charge is -2.23. The standard InChI is InChI=1S/C22H19BrN2O4S2/c1-4-29-21(27)18-12(2)24-22-25(19(18)16-6-5-9-30-16)20(26)17(31-22)11-13-7-8-15(28-3)14(23)10-13/h5-11,19H,4H2,1-3H3/b17-11+. The lowest BCUT2D eigenvalue weighted by molar-refractivity contribution is -0.139. The molecule has 0 N–H and O–H groups in total. The zero-order valence-corrected chi connectivity index (χ0v) is 20.3. The number of methoxy groups -OCH3 is 1. The molecule has 6 nitrogen and oxygen atoms in total. The molecule has 0 amide bonds. The van der Waals surface area contributed by atoms with Crippen LogP contribution in [0.2, 0.25) is 0 Å². The second-order valence-electron chi connectivity index (χ2n) is 6.71. The number of aromatic nitrogens is 1.